The predicted molar refractivity (Wildman–Crippen MR) is 131 cm³/mol. The first-order chi connectivity index (χ1) is 17.0. The number of amides is 2. The molecule has 0 aliphatic heterocycles. The van der Waals surface area contributed by atoms with Gasteiger partial charge in [0, 0.05) is 24.9 Å². The van der Waals surface area contributed by atoms with Crippen molar-refractivity contribution in [2.75, 3.05) is 13.2 Å². The number of alkyl carbamates (subject to hydrolysis) is 1. The van der Waals surface area contributed by atoms with Gasteiger partial charge in [0.1, 0.15) is 6.61 Å². The topological polar surface area (TPSA) is 105 Å². The predicted octanol–water partition coefficient (Wildman–Crippen LogP) is 4.31. The van der Waals surface area contributed by atoms with Crippen molar-refractivity contribution in [3.63, 3.8) is 0 Å². The highest BCUT2D eigenvalue weighted by atomic mass is 16.5. The lowest BCUT2D eigenvalue weighted by molar-refractivity contribution is -0.137. The fourth-order valence-corrected chi connectivity index (χ4v) is 6.38. The van der Waals surface area contributed by atoms with Crippen molar-refractivity contribution in [1.29, 1.82) is 0 Å². The first-order valence-corrected chi connectivity index (χ1v) is 12.6. The number of aliphatic carboxylic acids is 1. The monoisotopic (exact) mass is 476 g/mol. The van der Waals surface area contributed by atoms with Crippen molar-refractivity contribution in [3.05, 3.63) is 59.7 Å². The van der Waals surface area contributed by atoms with Gasteiger partial charge in [0.2, 0.25) is 5.91 Å². The summed E-state index contributed by atoms with van der Waals surface area (Å²) in [7, 11) is 0. The number of hydrogen-bond acceptors (Lipinski definition) is 4. The molecule has 184 valence electrons. The van der Waals surface area contributed by atoms with E-state index in [0.29, 0.717) is 25.3 Å². The van der Waals surface area contributed by atoms with Crippen LogP contribution < -0.4 is 10.6 Å². The largest absolute Gasteiger partial charge is 0.481 e. The zero-order valence-electron chi connectivity index (χ0n) is 19.7. The number of carbonyl (C=O) groups excluding carboxylic acids is 2. The number of hydrogen-bond donors (Lipinski definition) is 3. The molecule has 35 heavy (non-hydrogen) atoms. The highest BCUT2D eigenvalue weighted by Crippen LogP contribution is 2.49. The molecule has 2 aromatic rings. The van der Waals surface area contributed by atoms with Crippen LogP contribution in [0.4, 0.5) is 4.79 Å². The molecule has 0 spiro atoms. The molecular formula is C28H32N2O5. The van der Waals surface area contributed by atoms with Crippen LogP contribution in [0.25, 0.3) is 11.1 Å². The van der Waals surface area contributed by atoms with Gasteiger partial charge in [-0.05, 0) is 66.2 Å². The molecule has 0 heterocycles. The minimum atomic E-state index is -0.822. The van der Waals surface area contributed by atoms with Gasteiger partial charge in [-0.15, -0.1) is 0 Å². The lowest BCUT2D eigenvalue weighted by atomic mass is 9.83. The third-order valence-electron chi connectivity index (χ3n) is 7.96. The van der Waals surface area contributed by atoms with Crippen molar-refractivity contribution in [3.8, 4) is 11.1 Å². The molecule has 2 aromatic carbocycles. The van der Waals surface area contributed by atoms with E-state index >= 15 is 0 Å². The summed E-state index contributed by atoms with van der Waals surface area (Å²) in [5, 5.41) is 14.7. The van der Waals surface area contributed by atoms with Crippen LogP contribution in [-0.2, 0) is 14.3 Å². The molecule has 2 amide bonds. The van der Waals surface area contributed by atoms with Crippen LogP contribution >= 0.6 is 0 Å². The van der Waals surface area contributed by atoms with Gasteiger partial charge in [0.25, 0.3) is 0 Å². The molecule has 5 rings (SSSR count). The molecule has 0 saturated heterocycles. The summed E-state index contributed by atoms with van der Waals surface area (Å²) < 4.78 is 5.74. The van der Waals surface area contributed by atoms with E-state index in [1.54, 1.807) is 0 Å². The number of rotatable bonds is 9. The summed E-state index contributed by atoms with van der Waals surface area (Å²) in [6.07, 6.45) is 3.77. The van der Waals surface area contributed by atoms with Crippen LogP contribution in [0.5, 0.6) is 0 Å². The minimum absolute atomic E-state index is 0.00178. The molecule has 4 unspecified atom stereocenters. The van der Waals surface area contributed by atoms with Gasteiger partial charge in [-0.1, -0.05) is 48.5 Å². The summed E-state index contributed by atoms with van der Waals surface area (Å²) >= 11 is 0. The Morgan fingerprint density at radius 1 is 0.914 bits per heavy atom. The second-order valence-corrected chi connectivity index (χ2v) is 10.00. The Morgan fingerprint density at radius 2 is 1.57 bits per heavy atom. The summed E-state index contributed by atoms with van der Waals surface area (Å²) in [5.41, 5.74) is 4.71. The number of nitrogens with one attached hydrogen (secondary N) is 2. The van der Waals surface area contributed by atoms with Gasteiger partial charge in [-0.3, -0.25) is 9.59 Å². The molecule has 7 nitrogen and oxygen atoms in total. The lowest BCUT2D eigenvalue weighted by Crippen LogP contribution is -2.50. The molecule has 2 fully saturated rings. The fourth-order valence-electron chi connectivity index (χ4n) is 6.38. The van der Waals surface area contributed by atoms with E-state index in [-0.39, 0.29) is 42.7 Å². The molecule has 0 aromatic heterocycles. The maximum atomic E-state index is 12.9. The Morgan fingerprint density at radius 3 is 2.26 bits per heavy atom. The summed E-state index contributed by atoms with van der Waals surface area (Å²) in [5.74, 6) is -0.554. The summed E-state index contributed by atoms with van der Waals surface area (Å²) in [6, 6.07) is 16.2. The highest BCUT2D eigenvalue weighted by Gasteiger charge is 2.51. The van der Waals surface area contributed by atoms with E-state index in [2.05, 4.69) is 34.9 Å². The molecule has 3 N–H and O–H groups in total. The molecule has 2 bridgehead atoms. The van der Waals surface area contributed by atoms with Gasteiger partial charge in [-0.25, -0.2) is 4.79 Å². The standard InChI is InChI=1S/C28H32N2O5/c31-24(32)11-5-6-14-29-27(33)25-17-12-13-18(15-17)26(25)30-28(34)35-16-23-21-9-3-1-7-19(21)20-8-2-4-10-22(20)23/h1-4,7-10,17-18,23,25-26H,5-6,11-16H2,(H,29,33)(H,30,34)(H,31,32). The number of benzene rings is 2. The van der Waals surface area contributed by atoms with Crippen molar-refractivity contribution >= 4 is 18.0 Å². The van der Waals surface area contributed by atoms with Gasteiger partial charge in [-0.2, -0.15) is 0 Å². The zero-order valence-corrected chi connectivity index (χ0v) is 19.7. The average Bonchev–Trinajstić information content (AvgIpc) is 3.54. The molecule has 3 aliphatic rings. The number of fused-ring (bicyclic) bond motifs is 5. The van der Waals surface area contributed by atoms with Crippen LogP contribution in [0, 0.1) is 17.8 Å². The Bertz CT molecular complexity index is 1070. The first-order valence-electron chi connectivity index (χ1n) is 12.6. The van der Waals surface area contributed by atoms with E-state index in [1.807, 2.05) is 24.3 Å². The maximum absolute atomic E-state index is 12.9. The average molecular weight is 477 g/mol. The third-order valence-corrected chi connectivity index (χ3v) is 7.96. The molecular weight excluding hydrogens is 444 g/mol. The summed E-state index contributed by atoms with van der Waals surface area (Å²) in [4.78, 5) is 36.5. The van der Waals surface area contributed by atoms with E-state index in [1.165, 1.54) is 22.3 Å². The normalized spacial score (nSPS) is 24.0. The van der Waals surface area contributed by atoms with Gasteiger partial charge >= 0.3 is 12.1 Å². The minimum Gasteiger partial charge on any atom is -0.481 e. The number of carbonyl (C=O) groups is 3. The quantitative estimate of drug-likeness (QED) is 0.468. The summed E-state index contributed by atoms with van der Waals surface area (Å²) in [6.45, 7) is 0.707. The number of carboxylic acids is 1. The Labute approximate surface area is 205 Å². The zero-order chi connectivity index (χ0) is 24.4. The Kier molecular flexibility index (Phi) is 6.75. The number of carboxylic acid groups (broad SMARTS) is 1. The van der Waals surface area contributed by atoms with E-state index in [0.717, 1.165) is 19.3 Å². The van der Waals surface area contributed by atoms with Crippen molar-refractivity contribution < 1.29 is 24.2 Å². The van der Waals surface area contributed by atoms with E-state index in [9.17, 15) is 14.4 Å². The molecule has 0 radical (unpaired) electrons. The van der Waals surface area contributed by atoms with Crippen molar-refractivity contribution in [1.82, 2.24) is 10.6 Å². The number of ether oxygens (including phenoxy) is 1. The second kappa shape index (κ2) is 10.1. The smallest absolute Gasteiger partial charge is 0.407 e. The van der Waals surface area contributed by atoms with Crippen LogP contribution in [0.15, 0.2) is 48.5 Å². The molecule has 2 saturated carbocycles. The van der Waals surface area contributed by atoms with Crippen molar-refractivity contribution in [2.24, 2.45) is 17.8 Å². The molecule has 3 aliphatic carbocycles. The highest BCUT2D eigenvalue weighted by molar-refractivity contribution is 5.82. The number of unbranched alkanes of at least 4 members (excludes halogenated alkanes) is 1. The fraction of sp³-hybridized carbons (Fsp3) is 0.464. The van der Waals surface area contributed by atoms with Gasteiger partial charge in [0.05, 0.1) is 5.92 Å². The second-order valence-electron chi connectivity index (χ2n) is 10.00. The van der Waals surface area contributed by atoms with E-state index < -0.39 is 12.1 Å². The Hall–Kier alpha value is -3.35. The molecule has 4 atom stereocenters. The van der Waals surface area contributed by atoms with E-state index in [4.69, 9.17) is 9.84 Å². The van der Waals surface area contributed by atoms with Crippen molar-refractivity contribution in [2.45, 2.75) is 50.5 Å². The van der Waals surface area contributed by atoms with Gasteiger partial charge in [0.15, 0.2) is 0 Å². The SMILES string of the molecule is O=C(O)CCCCNC(=O)C1C2CCC(C2)C1NC(=O)OCC1c2ccccc2-c2ccccc21. The van der Waals surface area contributed by atoms with Crippen LogP contribution in [0.2, 0.25) is 0 Å². The van der Waals surface area contributed by atoms with Gasteiger partial charge < -0.3 is 20.5 Å². The lowest BCUT2D eigenvalue weighted by Gasteiger charge is -2.30. The maximum Gasteiger partial charge on any atom is 0.407 e. The first kappa shape index (κ1) is 23.4. The van der Waals surface area contributed by atoms with Crippen LogP contribution in [0.3, 0.4) is 0 Å². The Balaban J connectivity index is 1.18. The van der Waals surface area contributed by atoms with Crippen LogP contribution in [-0.4, -0.2) is 42.3 Å². The van der Waals surface area contributed by atoms with Crippen LogP contribution in [0.1, 0.15) is 55.6 Å². The molecule has 7 heteroatoms. The third kappa shape index (κ3) is 4.77.